The third-order valence-electron chi connectivity index (χ3n) is 5.91. The first-order valence-corrected chi connectivity index (χ1v) is 10.0. The van der Waals surface area contributed by atoms with Crippen LogP contribution < -0.4 is 5.32 Å². The fourth-order valence-electron chi connectivity index (χ4n) is 4.05. The minimum atomic E-state index is -0.866. The molecule has 6 nitrogen and oxygen atoms in total. The molecule has 3 rings (SSSR count). The van der Waals surface area contributed by atoms with Gasteiger partial charge in [-0.05, 0) is 54.7 Å². The molecule has 0 radical (unpaired) electrons. The fraction of sp³-hybridized carbons (Fsp3) is 0.571. The Labute approximate surface area is 170 Å². The van der Waals surface area contributed by atoms with Gasteiger partial charge < -0.3 is 10.1 Å². The zero-order valence-electron chi connectivity index (χ0n) is 16.6. The second kappa shape index (κ2) is 7.74. The molecule has 1 aromatic carbocycles. The van der Waals surface area contributed by atoms with E-state index < -0.39 is 17.5 Å². The Morgan fingerprint density at radius 1 is 1.21 bits per heavy atom. The molecule has 28 heavy (non-hydrogen) atoms. The largest absolute Gasteiger partial charge is 0.459 e. The lowest BCUT2D eigenvalue weighted by Gasteiger charge is -2.40. The molecule has 0 unspecified atom stereocenters. The number of imide groups is 1. The lowest BCUT2D eigenvalue weighted by Crippen LogP contribution is -2.50. The van der Waals surface area contributed by atoms with Gasteiger partial charge in [0.2, 0.25) is 0 Å². The molecule has 1 saturated carbocycles. The van der Waals surface area contributed by atoms with E-state index in [1.165, 1.54) is 0 Å². The molecule has 1 spiro atoms. The monoisotopic (exact) mass is 406 g/mol. The van der Waals surface area contributed by atoms with Gasteiger partial charge in [-0.25, -0.2) is 4.79 Å². The van der Waals surface area contributed by atoms with Gasteiger partial charge in [0.15, 0.2) is 0 Å². The molecule has 0 atom stereocenters. The predicted molar refractivity (Wildman–Crippen MR) is 106 cm³/mol. The van der Waals surface area contributed by atoms with Crippen molar-refractivity contribution in [1.29, 1.82) is 0 Å². The van der Waals surface area contributed by atoms with Crippen LogP contribution in [-0.4, -0.2) is 34.9 Å². The molecule has 1 aliphatic carbocycles. The van der Waals surface area contributed by atoms with Gasteiger partial charge in [-0.1, -0.05) is 44.5 Å². The third-order valence-corrected chi connectivity index (χ3v) is 6.16. The van der Waals surface area contributed by atoms with E-state index in [0.717, 1.165) is 23.3 Å². The number of hydrogen-bond donors (Lipinski definition) is 1. The van der Waals surface area contributed by atoms with Crippen LogP contribution in [0.5, 0.6) is 0 Å². The number of hydrogen-bond acceptors (Lipinski definition) is 4. The maximum Gasteiger partial charge on any atom is 0.326 e. The van der Waals surface area contributed by atoms with Crippen LogP contribution in [0.25, 0.3) is 0 Å². The van der Waals surface area contributed by atoms with Crippen molar-refractivity contribution in [1.82, 2.24) is 10.2 Å². The average Bonchev–Trinajstić information content (AvgIpc) is 2.85. The van der Waals surface area contributed by atoms with E-state index in [-0.39, 0.29) is 24.5 Å². The van der Waals surface area contributed by atoms with E-state index in [1.54, 1.807) is 24.3 Å². The van der Waals surface area contributed by atoms with Crippen molar-refractivity contribution in [2.24, 2.45) is 11.3 Å². The van der Waals surface area contributed by atoms with Crippen LogP contribution in [0.15, 0.2) is 24.3 Å². The van der Waals surface area contributed by atoms with Gasteiger partial charge >= 0.3 is 12.0 Å². The van der Waals surface area contributed by atoms with Crippen LogP contribution in [0.2, 0.25) is 5.02 Å². The first kappa shape index (κ1) is 20.6. The van der Waals surface area contributed by atoms with E-state index in [4.69, 9.17) is 16.3 Å². The van der Waals surface area contributed by atoms with Crippen LogP contribution in [0.3, 0.4) is 0 Å². The van der Waals surface area contributed by atoms with E-state index >= 15 is 0 Å². The molecule has 0 aromatic heterocycles. The molecular formula is C21H27ClN2O4. The number of nitrogens with zero attached hydrogens (tertiary/aromatic N) is 1. The number of halogens is 1. The van der Waals surface area contributed by atoms with Crippen molar-refractivity contribution in [3.63, 3.8) is 0 Å². The normalized spacial score (nSPS) is 25.1. The number of nitrogens with one attached hydrogen (secondary N) is 1. The summed E-state index contributed by atoms with van der Waals surface area (Å²) in [6.45, 7) is 6.30. The van der Waals surface area contributed by atoms with Gasteiger partial charge in [0, 0.05) is 5.02 Å². The van der Waals surface area contributed by atoms with Crippen molar-refractivity contribution < 1.29 is 19.1 Å². The molecular weight excluding hydrogens is 380 g/mol. The number of amides is 3. The summed E-state index contributed by atoms with van der Waals surface area (Å²) in [5.74, 6) is -0.409. The smallest absolute Gasteiger partial charge is 0.326 e. The Bertz CT molecular complexity index is 762. The summed E-state index contributed by atoms with van der Waals surface area (Å²) in [6, 6.07) is 6.42. The molecule has 2 aliphatic rings. The second-order valence-corrected chi connectivity index (χ2v) is 9.27. The Morgan fingerprint density at radius 3 is 2.39 bits per heavy atom. The van der Waals surface area contributed by atoms with Crippen LogP contribution in [-0.2, 0) is 20.9 Å². The van der Waals surface area contributed by atoms with Crippen LogP contribution in [0.4, 0.5) is 4.79 Å². The molecule has 0 bridgehead atoms. The molecule has 1 heterocycles. The van der Waals surface area contributed by atoms with Gasteiger partial charge in [0.25, 0.3) is 5.91 Å². The minimum Gasteiger partial charge on any atom is -0.459 e. The quantitative estimate of drug-likeness (QED) is 0.607. The molecule has 2 fully saturated rings. The lowest BCUT2D eigenvalue weighted by atomic mass is 9.67. The van der Waals surface area contributed by atoms with Crippen molar-refractivity contribution in [2.45, 2.75) is 58.6 Å². The van der Waals surface area contributed by atoms with Gasteiger partial charge in [-0.3, -0.25) is 14.5 Å². The fourth-order valence-corrected chi connectivity index (χ4v) is 4.18. The summed E-state index contributed by atoms with van der Waals surface area (Å²) in [4.78, 5) is 38.4. The van der Waals surface area contributed by atoms with E-state index in [0.29, 0.717) is 23.8 Å². The number of carbonyl (C=O) groups is 3. The van der Waals surface area contributed by atoms with Gasteiger partial charge in [0.05, 0.1) is 0 Å². The molecule has 1 N–H and O–H groups in total. The highest BCUT2D eigenvalue weighted by Crippen LogP contribution is 2.43. The zero-order chi connectivity index (χ0) is 20.5. The summed E-state index contributed by atoms with van der Waals surface area (Å²) in [7, 11) is 0. The summed E-state index contributed by atoms with van der Waals surface area (Å²) in [5.41, 5.74) is 0.0974. The molecule has 1 saturated heterocycles. The highest BCUT2D eigenvalue weighted by Gasteiger charge is 2.53. The highest BCUT2D eigenvalue weighted by molar-refractivity contribution is 6.30. The molecule has 3 amide bonds. The Hall–Kier alpha value is -2.08. The Kier molecular flexibility index (Phi) is 5.71. The molecule has 1 aliphatic heterocycles. The Morgan fingerprint density at radius 2 is 1.82 bits per heavy atom. The van der Waals surface area contributed by atoms with Crippen LogP contribution in [0.1, 0.15) is 52.0 Å². The first-order valence-electron chi connectivity index (χ1n) is 9.65. The average molecular weight is 407 g/mol. The number of ether oxygens (including phenoxy) is 1. The lowest BCUT2D eigenvalue weighted by molar-refractivity contribution is -0.149. The van der Waals surface area contributed by atoms with E-state index in [9.17, 15) is 14.4 Å². The van der Waals surface area contributed by atoms with E-state index in [1.807, 2.05) is 0 Å². The predicted octanol–water partition coefficient (Wildman–Crippen LogP) is 3.91. The zero-order valence-corrected chi connectivity index (χ0v) is 17.3. The third kappa shape index (κ3) is 4.32. The minimum absolute atomic E-state index is 0.0675. The number of carbonyl (C=O) groups excluding carboxylic acids is 3. The SMILES string of the molecule is CC(C)(C)C1CCC2(CC1)NC(=O)N(CC(=O)OCc1ccc(Cl)cc1)C2=O. The maximum atomic E-state index is 12.9. The maximum absolute atomic E-state index is 12.9. The second-order valence-electron chi connectivity index (χ2n) is 8.83. The van der Waals surface area contributed by atoms with Gasteiger partial charge in [-0.15, -0.1) is 0 Å². The topological polar surface area (TPSA) is 75.7 Å². The molecule has 1 aromatic rings. The summed E-state index contributed by atoms with van der Waals surface area (Å²) < 4.78 is 5.21. The Balaban J connectivity index is 1.56. The van der Waals surface area contributed by atoms with E-state index in [2.05, 4.69) is 26.1 Å². The van der Waals surface area contributed by atoms with Crippen molar-refractivity contribution in [2.75, 3.05) is 6.54 Å². The van der Waals surface area contributed by atoms with Gasteiger partial charge in [0.1, 0.15) is 18.7 Å². The van der Waals surface area contributed by atoms with Crippen molar-refractivity contribution >= 4 is 29.5 Å². The standard InChI is InChI=1S/C21H27ClN2O4/c1-20(2,3)15-8-10-21(11-9-15)18(26)24(19(27)23-21)12-17(25)28-13-14-4-6-16(22)7-5-14/h4-7,15H,8-13H2,1-3H3,(H,23,27). The number of benzene rings is 1. The van der Waals surface area contributed by atoms with Crippen LogP contribution >= 0.6 is 11.6 Å². The van der Waals surface area contributed by atoms with Crippen molar-refractivity contribution in [3.8, 4) is 0 Å². The number of urea groups is 1. The number of rotatable bonds is 4. The molecule has 152 valence electrons. The summed E-state index contributed by atoms with van der Waals surface area (Å²) in [6.07, 6.45) is 2.97. The highest BCUT2D eigenvalue weighted by atomic mass is 35.5. The summed E-state index contributed by atoms with van der Waals surface area (Å²) >= 11 is 5.83. The molecule has 7 heteroatoms. The number of esters is 1. The van der Waals surface area contributed by atoms with Crippen molar-refractivity contribution in [3.05, 3.63) is 34.9 Å². The summed E-state index contributed by atoms with van der Waals surface area (Å²) in [5, 5.41) is 3.44. The van der Waals surface area contributed by atoms with Crippen LogP contribution in [0, 0.1) is 11.3 Å². The van der Waals surface area contributed by atoms with Gasteiger partial charge in [-0.2, -0.15) is 0 Å². The first-order chi connectivity index (χ1) is 13.1.